The molecule has 0 aliphatic carbocycles. The van der Waals surface area contributed by atoms with Gasteiger partial charge in [-0.1, -0.05) is 29.8 Å². The third-order valence-electron chi connectivity index (χ3n) is 4.45. The van der Waals surface area contributed by atoms with E-state index in [-0.39, 0.29) is 17.6 Å². The second kappa shape index (κ2) is 9.52. The minimum absolute atomic E-state index is 0.100. The van der Waals surface area contributed by atoms with Crippen LogP contribution in [0, 0.1) is 13.8 Å². The number of morpholine rings is 1. The Morgan fingerprint density at radius 1 is 1.18 bits per heavy atom. The number of hydrogen-bond acceptors (Lipinski definition) is 5. The molecule has 7 heteroatoms. The molecule has 0 atom stereocenters. The van der Waals surface area contributed by atoms with Crippen molar-refractivity contribution < 1.29 is 14.3 Å². The van der Waals surface area contributed by atoms with Crippen molar-refractivity contribution in [3.05, 3.63) is 53.6 Å². The van der Waals surface area contributed by atoms with Gasteiger partial charge in [0.2, 0.25) is 0 Å². The molecule has 0 bridgehead atoms. The van der Waals surface area contributed by atoms with Crippen LogP contribution in [0.5, 0.6) is 5.75 Å². The summed E-state index contributed by atoms with van der Waals surface area (Å²) in [6.45, 7) is 6.91. The Kier molecular flexibility index (Phi) is 6.84. The summed E-state index contributed by atoms with van der Waals surface area (Å²) < 4.78 is 11.0. The van der Waals surface area contributed by atoms with Crippen molar-refractivity contribution in [2.24, 2.45) is 0 Å². The Morgan fingerprint density at radius 2 is 1.93 bits per heavy atom. The number of ether oxygens (including phenoxy) is 2. The zero-order valence-electron chi connectivity index (χ0n) is 16.2. The zero-order valence-corrected chi connectivity index (χ0v) is 17.0. The molecule has 1 fully saturated rings. The smallest absolute Gasteiger partial charge is 0.264 e. The second-order valence-corrected chi connectivity index (χ2v) is 7.08. The fourth-order valence-electron chi connectivity index (χ4n) is 3.08. The molecule has 3 rings (SSSR count). The van der Waals surface area contributed by atoms with E-state index in [4.69, 9.17) is 21.7 Å². The summed E-state index contributed by atoms with van der Waals surface area (Å²) in [5, 5.41) is 6.04. The van der Waals surface area contributed by atoms with Gasteiger partial charge in [0.15, 0.2) is 11.7 Å². The molecule has 148 valence electrons. The van der Waals surface area contributed by atoms with Crippen molar-refractivity contribution in [3.8, 4) is 5.75 Å². The van der Waals surface area contributed by atoms with Crippen LogP contribution in [0.1, 0.15) is 11.1 Å². The average Bonchev–Trinajstić information content (AvgIpc) is 2.68. The number of carbonyl (C=O) groups excluding carboxylic acids is 1. The minimum Gasteiger partial charge on any atom is -0.483 e. The fraction of sp³-hybridized carbons (Fsp3) is 0.333. The normalized spacial score (nSPS) is 13.7. The zero-order chi connectivity index (χ0) is 19.9. The molecule has 1 aliphatic heterocycles. The molecule has 2 aromatic rings. The van der Waals surface area contributed by atoms with E-state index in [0.29, 0.717) is 19.0 Å². The molecule has 0 radical (unpaired) electrons. The number of nitrogens with zero attached hydrogens (tertiary/aromatic N) is 1. The Balaban J connectivity index is 1.54. The molecular weight excluding hydrogens is 374 g/mol. The van der Waals surface area contributed by atoms with Crippen LogP contribution in [0.4, 0.5) is 11.4 Å². The van der Waals surface area contributed by atoms with E-state index in [1.165, 1.54) is 0 Å². The van der Waals surface area contributed by atoms with Crippen molar-refractivity contribution in [1.82, 2.24) is 5.32 Å². The molecular formula is C21H25N3O3S. The van der Waals surface area contributed by atoms with Crippen LogP contribution in [0.3, 0.4) is 0 Å². The molecule has 28 heavy (non-hydrogen) atoms. The Labute approximate surface area is 170 Å². The number of anilines is 2. The number of rotatable bonds is 5. The van der Waals surface area contributed by atoms with Crippen molar-refractivity contribution >= 4 is 34.6 Å². The van der Waals surface area contributed by atoms with Crippen molar-refractivity contribution in [2.75, 3.05) is 43.1 Å². The SMILES string of the molecule is Cc1ccc(OCC(=O)NC(=S)Nc2ccccc2N2CCOCC2)c(C)c1. The molecule has 1 aliphatic rings. The largest absolute Gasteiger partial charge is 0.483 e. The predicted octanol–water partition coefficient (Wildman–Crippen LogP) is 3.03. The number of para-hydroxylation sites is 2. The second-order valence-electron chi connectivity index (χ2n) is 6.68. The maximum Gasteiger partial charge on any atom is 0.264 e. The summed E-state index contributed by atoms with van der Waals surface area (Å²) in [7, 11) is 0. The maximum atomic E-state index is 12.2. The van der Waals surface area contributed by atoms with E-state index in [1.807, 2.05) is 56.3 Å². The van der Waals surface area contributed by atoms with Crippen LogP contribution in [0.2, 0.25) is 0 Å². The highest BCUT2D eigenvalue weighted by Gasteiger charge is 2.15. The van der Waals surface area contributed by atoms with Crippen molar-refractivity contribution in [1.29, 1.82) is 0 Å². The molecule has 0 unspecified atom stereocenters. The molecule has 0 spiro atoms. The summed E-state index contributed by atoms with van der Waals surface area (Å²) in [5.74, 6) is 0.388. The quantitative estimate of drug-likeness (QED) is 0.754. The summed E-state index contributed by atoms with van der Waals surface area (Å²) in [5.41, 5.74) is 4.03. The topological polar surface area (TPSA) is 62.8 Å². The van der Waals surface area contributed by atoms with Gasteiger partial charge >= 0.3 is 0 Å². The highest BCUT2D eigenvalue weighted by Crippen LogP contribution is 2.26. The van der Waals surface area contributed by atoms with Gasteiger partial charge in [0.05, 0.1) is 24.6 Å². The van der Waals surface area contributed by atoms with Gasteiger partial charge < -0.3 is 19.7 Å². The van der Waals surface area contributed by atoms with Gasteiger partial charge in [-0.2, -0.15) is 0 Å². The van der Waals surface area contributed by atoms with Crippen LogP contribution in [-0.4, -0.2) is 43.9 Å². The highest BCUT2D eigenvalue weighted by atomic mass is 32.1. The van der Waals surface area contributed by atoms with Gasteiger partial charge in [0, 0.05) is 13.1 Å². The van der Waals surface area contributed by atoms with Gasteiger partial charge in [0.25, 0.3) is 5.91 Å². The monoisotopic (exact) mass is 399 g/mol. The minimum atomic E-state index is -0.304. The maximum absolute atomic E-state index is 12.2. The molecule has 0 aromatic heterocycles. The molecule has 2 aromatic carbocycles. The van der Waals surface area contributed by atoms with Crippen molar-refractivity contribution in [2.45, 2.75) is 13.8 Å². The molecule has 1 amide bonds. The molecule has 0 saturated carbocycles. The number of amides is 1. The average molecular weight is 400 g/mol. The molecule has 1 heterocycles. The summed E-state index contributed by atoms with van der Waals surface area (Å²) in [4.78, 5) is 14.4. The van der Waals surface area contributed by atoms with Gasteiger partial charge in [-0.05, 0) is 49.8 Å². The number of aryl methyl sites for hydroxylation is 2. The van der Waals surface area contributed by atoms with Gasteiger partial charge in [-0.25, -0.2) is 0 Å². The van der Waals surface area contributed by atoms with E-state index in [2.05, 4.69) is 15.5 Å². The number of thiocarbonyl (C=S) groups is 1. The van der Waals surface area contributed by atoms with Gasteiger partial charge in [0.1, 0.15) is 5.75 Å². The number of hydrogen-bond donors (Lipinski definition) is 2. The first-order valence-corrected chi connectivity index (χ1v) is 9.66. The molecule has 1 saturated heterocycles. The van der Waals surface area contributed by atoms with Crippen LogP contribution < -0.4 is 20.3 Å². The first-order chi connectivity index (χ1) is 13.5. The predicted molar refractivity (Wildman–Crippen MR) is 115 cm³/mol. The van der Waals surface area contributed by atoms with Gasteiger partial charge in [-0.15, -0.1) is 0 Å². The van der Waals surface area contributed by atoms with E-state index in [9.17, 15) is 4.79 Å². The lowest BCUT2D eigenvalue weighted by molar-refractivity contribution is -0.121. The van der Waals surface area contributed by atoms with Crippen molar-refractivity contribution in [3.63, 3.8) is 0 Å². The standard InChI is InChI=1S/C21H25N3O3S/c1-15-7-8-19(16(2)13-15)27-14-20(25)23-21(28)22-17-5-3-4-6-18(17)24-9-11-26-12-10-24/h3-8,13H,9-12,14H2,1-2H3,(H2,22,23,25,28). The Morgan fingerprint density at radius 3 is 2.68 bits per heavy atom. The third-order valence-corrected chi connectivity index (χ3v) is 4.65. The van der Waals surface area contributed by atoms with Crippen LogP contribution in [-0.2, 0) is 9.53 Å². The number of carbonyl (C=O) groups is 1. The first kappa shape index (κ1) is 20.1. The number of nitrogens with one attached hydrogen (secondary N) is 2. The molecule has 2 N–H and O–H groups in total. The van der Waals surface area contributed by atoms with E-state index in [1.54, 1.807) is 0 Å². The lowest BCUT2D eigenvalue weighted by Gasteiger charge is -2.30. The number of benzene rings is 2. The van der Waals surface area contributed by atoms with E-state index in [0.717, 1.165) is 35.6 Å². The lowest BCUT2D eigenvalue weighted by atomic mass is 10.1. The lowest BCUT2D eigenvalue weighted by Crippen LogP contribution is -2.39. The Hall–Kier alpha value is -2.64. The Bertz CT molecular complexity index is 851. The molecule has 6 nitrogen and oxygen atoms in total. The van der Waals surface area contributed by atoms with Crippen LogP contribution in [0.25, 0.3) is 0 Å². The summed E-state index contributed by atoms with van der Waals surface area (Å²) >= 11 is 5.31. The third kappa shape index (κ3) is 5.43. The van der Waals surface area contributed by atoms with E-state index < -0.39 is 0 Å². The van der Waals surface area contributed by atoms with Crippen LogP contribution in [0.15, 0.2) is 42.5 Å². The van der Waals surface area contributed by atoms with Gasteiger partial charge in [-0.3, -0.25) is 10.1 Å². The first-order valence-electron chi connectivity index (χ1n) is 9.25. The summed E-state index contributed by atoms with van der Waals surface area (Å²) in [6.07, 6.45) is 0. The summed E-state index contributed by atoms with van der Waals surface area (Å²) in [6, 6.07) is 13.7. The van der Waals surface area contributed by atoms with E-state index >= 15 is 0 Å². The fourth-order valence-corrected chi connectivity index (χ4v) is 3.30. The highest BCUT2D eigenvalue weighted by molar-refractivity contribution is 7.80. The van der Waals surface area contributed by atoms with Crippen LogP contribution >= 0.6 is 12.2 Å².